The fraction of sp³-hybridized carbons (Fsp3) is 0.857. The predicted octanol–water partition coefficient (Wildman–Crippen LogP) is 1.15. The Labute approximate surface area is 145 Å². The van der Waals surface area contributed by atoms with Gasteiger partial charge in [-0.3, -0.25) is 9.59 Å². The molecule has 0 rings (SSSR count). The molecule has 0 bridgehead atoms. The van der Waals surface area contributed by atoms with E-state index in [0.717, 1.165) is 6.42 Å². The van der Waals surface area contributed by atoms with E-state index in [1.54, 1.807) is 0 Å². The lowest BCUT2D eigenvalue weighted by atomic mass is 10.1. The molecule has 0 fully saturated rings. The van der Waals surface area contributed by atoms with Crippen LogP contribution in [0.4, 0.5) is 0 Å². The number of carbonyl (C=O) groups is 2. The van der Waals surface area contributed by atoms with E-state index in [-0.39, 0.29) is 6.10 Å². The molecule has 0 heterocycles. The smallest absolute Gasteiger partial charge is 0.320 e. The summed E-state index contributed by atoms with van der Waals surface area (Å²) in [6.07, 6.45) is 2.70. The molecule has 3 atom stereocenters. The number of hydrogen-bond acceptors (Lipinski definition) is 7. The van der Waals surface area contributed by atoms with E-state index >= 15 is 0 Å². The SMILES string of the molecule is CCC(O)CCCNC(CCSSCCC(N)C(=O)O)C(=O)O. The Morgan fingerprint density at radius 3 is 2.22 bits per heavy atom. The standard InChI is InChI=1S/C14H28N2O5S2/c1-2-10(17)4-3-7-16-12(14(20)21)6-9-23-22-8-5-11(15)13(18)19/h10-12,16-17H,2-9,15H2,1H3,(H,18,19)(H,20,21). The van der Waals surface area contributed by atoms with Gasteiger partial charge in [-0.1, -0.05) is 28.5 Å². The summed E-state index contributed by atoms with van der Waals surface area (Å²) in [6.45, 7) is 2.48. The monoisotopic (exact) mass is 368 g/mol. The van der Waals surface area contributed by atoms with Gasteiger partial charge >= 0.3 is 11.9 Å². The summed E-state index contributed by atoms with van der Waals surface area (Å²) in [4.78, 5) is 21.7. The average Bonchev–Trinajstić information content (AvgIpc) is 2.51. The van der Waals surface area contributed by atoms with Crippen LogP contribution in [0.5, 0.6) is 0 Å². The van der Waals surface area contributed by atoms with E-state index in [1.165, 1.54) is 21.6 Å². The Morgan fingerprint density at radius 1 is 1.09 bits per heavy atom. The summed E-state index contributed by atoms with van der Waals surface area (Å²) in [7, 11) is 3.03. The van der Waals surface area contributed by atoms with Gasteiger partial charge in [-0.05, 0) is 38.6 Å². The Balaban J connectivity index is 3.72. The molecule has 0 spiro atoms. The van der Waals surface area contributed by atoms with Gasteiger partial charge in [0.05, 0.1) is 6.10 Å². The number of aliphatic carboxylic acids is 2. The van der Waals surface area contributed by atoms with Crippen LogP contribution in [0.1, 0.15) is 39.0 Å². The zero-order valence-electron chi connectivity index (χ0n) is 13.4. The predicted molar refractivity (Wildman–Crippen MR) is 94.7 cm³/mol. The van der Waals surface area contributed by atoms with Crippen LogP contribution in [0.3, 0.4) is 0 Å². The molecule has 0 aromatic rings. The lowest BCUT2D eigenvalue weighted by Crippen LogP contribution is -2.37. The normalized spacial score (nSPS) is 15.1. The van der Waals surface area contributed by atoms with Crippen molar-refractivity contribution in [1.29, 1.82) is 0 Å². The van der Waals surface area contributed by atoms with Gasteiger partial charge in [-0.2, -0.15) is 0 Å². The van der Waals surface area contributed by atoms with Crippen LogP contribution in [0, 0.1) is 0 Å². The van der Waals surface area contributed by atoms with E-state index in [4.69, 9.17) is 15.9 Å². The van der Waals surface area contributed by atoms with Crippen molar-refractivity contribution in [2.24, 2.45) is 5.73 Å². The van der Waals surface area contributed by atoms with Gasteiger partial charge in [0.1, 0.15) is 12.1 Å². The maximum atomic E-state index is 11.2. The van der Waals surface area contributed by atoms with Gasteiger partial charge in [0.2, 0.25) is 0 Å². The van der Waals surface area contributed by atoms with E-state index in [9.17, 15) is 14.7 Å². The summed E-state index contributed by atoms with van der Waals surface area (Å²) >= 11 is 0. The maximum Gasteiger partial charge on any atom is 0.320 e. The zero-order chi connectivity index (χ0) is 17.7. The van der Waals surface area contributed by atoms with Gasteiger partial charge in [-0.15, -0.1) is 0 Å². The molecule has 0 radical (unpaired) electrons. The quantitative estimate of drug-likeness (QED) is 0.213. The summed E-state index contributed by atoms with van der Waals surface area (Å²) in [5.74, 6) is -0.592. The molecule has 0 saturated heterocycles. The summed E-state index contributed by atoms with van der Waals surface area (Å²) in [5, 5.41) is 30.2. The second-order valence-corrected chi connectivity index (χ2v) is 7.92. The molecule has 0 aliphatic heterocycles. The van der Waals surface area contributed by atoms with E-state index in [0.29, 0.717) is 43.7 Å². The fourth-order valence-corrected chi connectivity index (χ4v) is 3.92. The topological polar surface area (TPSA) is 133 Å². The van der Waals surface area contributed by atoms with Crippen LogP contribution in [0.25, 0.3) is 0 Å². The summed E-state index contributed by atoms with van der Waals surface area (Å²) in [6, 6.07) is -1.43. The first-order valence-corrected chi connectivity index (χ1v) is 10.2. The maximum absolute atomic E-state index is 11.2. The van der Waals surface area contributed by atoms with Crippen LogP contribution in [-0.4, -0.2) is 63.5 Å². The highest BCUT2D eigenvalue weighted by Gasteiger charge is 2.16. The molecule has 9 heteroatoms. The first-order valence-electron chi connectivity index (χ1n) is 7.75. The second-order valence-electron chi connectivity index (χ2n) is 5.22. The highest BCUT2D eigenvalue weighted by atomic mass is 33.1. The van der Waals surface area contributed by atoms with Crippen molar-refractivity contribution in [2.45, 2.75) is 57.2 Å². The number of nitrogens with two attached hydrogens (primary N) is 1. The van der Waals surface area contributed by atoms with E-state index < -0.39 is 24.0 Å². The second kappa shape index (κ2) is 13.9. The third-order valence-corrected chi connectivity index (χ3v) is 5.75. The Bertz CT molecular complexity index is 347. The Morgan fingerprint density at radius 2 is 1.70 bits per heavy atom. The van der Waals surface area contributed by atoms with Gasteiger partial charge < -0.3 is 26.4 Å². The van der Waals surface area contributed by atoms with Gasteiger partial charge in [-0.25, -0.2) is 0 Å². The van der Waals surface area contributed by atoms with Gasteiger partial charge in [0.15, 0.2) is 0 Å². The van der Waals surface area contributed by atoms with Crippen molar-refractivity contribution in [1.82, 2.24) is 5.32 Å². The first kappa shape index (κ1) is 22.5. The van der Waals surface area contributed by atoms with Crippen LogP contribution in [-0.2, 0) is 9.59 Å². The third-order valence-electron chi connectivity index (χ3n) is 3.28. The lowest BCUT2D eigenvalue weighted by Gasteiger charge is -2.15. The first-order chi connectivity index (χ1) is 10.9. The molecule has 23 heavy (non-hydrogen) atoms. The highest BCUT2D eigenvalue weighted by molar-refractivity contribution is 8.76. The fourth-order valence-electron chi connectivity index (χ4n) is 1.71. The number of aliphatic hydroxyl groups is 1. The number of hydrogen-bond donors (Lipinski definition) is 5. The highest BCUT2D eigenvalue weighted by Crippen LogP contribution is 2.23. The van der Waals surface area contributed by atoms with Crippen molar-refractivity contribution < 1.29 is 24.9 Å². The molecule has 6 N–H and O–H groups in total. The van der Waals surface area contributed by atoms with E-state index in [1.807, 2.05) is 6.92 Å². The molecule has 0 aromatic carbocycles. The summed E-state index contributed by atoms with van der Waals surface area (Å²) < 4.78 is 0. The lowest BCUT2D eigenvalue weighted by molar-refractivity contribution is -0.140. The average molecular weight is 369 g/mol. The number of nitrogens with one attached hydrogen (secondary N) is 1. The van der Waals surface area contributed by atoms with Crippen molar-refractivity contribution >= 4 is 33.5 Å². The van der Waals surface area contributed by atoms with Crippen molar-refractivity contribution in [3.05, 3.63) is 0 Å². The number of carboxylic acids is 2. The zero-order valence-corrected chi connectivity index (χ0v) is 15.1. The minimum absolute atomic E-state index is 0.316. The van der Waals surface area contributed by atoms with Crippen LogP contribution >= 0.6 is 21.6 Å². The molecule has 0 aliphatic carbocycles. The van der Waals surface area contributed by atoms with Crippen molar-refractivity contribution in [3.8, 4) is 0 Å². The molecule has 136 valence electrons. The minimum atomic E-state index is -1.00. The molecule has 7 nitrogen and oxygen atoms in total. The molecule has 0 aliphatic rings. The van der Waals surface area contributed by atoms with Gasteiger partial charge in [0.25, 0.3) is 0 Å². The van der Waals surface area contributed by atoms with E-state index in [2.05, 4.69) is 5.32 Å². The molecule has 0 amide bonds. The summed E-state index contributed by atoms with van der Waals surface area (Å²) in [5.41, 5.74) is 5.39. The molecular weight excluding hydrogens is 340 g/mol. The minimum Gasteiger partial charge on any atom is -0.480 e. The molecular formula is C14H28N2O5S2. The number of rotatable bonds is 15. The molecule has 0 aromatic heterocycles. The van der Waals surface area contributed by atoms with Crippen LogP contribution in [0.15, 0.2) is 0 Å². The Kier molecular flexibility index (Phi) is 13.6. The number of carboxylic acid groups (broad SMARTS) is 2. The van der Waals surface area contributed by atoms with Crippen LogP contribution in [0.2, 0.25) is 0 Å². The largest absolute Gasteiger partial charge is 0.480 e. The van der Waals surface area contributed by atoms with Crippen LogP contribution < -0.4 is 11.1 Å². The van der Waals surface area contributed by atoms with Crippen molar-refractivity contribution in [3.63, 3.8) is 0 Å². The van der Waals surface area contributed by atoms with Crippen molar-refractivity contribution in [2.75, 3.05) is 18.1 Å². The third kappa shape index (κ3) is 12.6. The van der Waals surface area contributed by atoms with Gasteiger partial charge in [0, 0.05) is 11.5 Å². The molecule has 0 saturated carbocycles. The molecule has 3 unspecified atom stereocenters. The Hall–Kier alpha value is -0.480. The number of aliphatic hydroxyl groups excluding tert-OH is 1.